The highest BCUT2D eigenvalue weighted by Gasteiger charge is 2.12. The van der Waals surface area contributed by atoms with Crippen molar-refractivity contribution in [2.75, 3.05) is 0 Å². The van der Waals surface area contributed by atoms with Crippen LogP contribution in [0, 0.1) is 13.8 Å². The van der Waals surface area contributed by atoms with Crippen LogP contribution in [0.4, 0.5) is 0 Å². The molecule has 20 heavy (non-hydrogen) atoms. The van der Waals surface area contributed by atoms with Crippen molar-refractivity contribution in [3.8, 4) is 11.1 Å². The van der Waals surface area contributed by atoms with E-state index in [4.69, 9.17) is 4.42 Å². The van der Waals surface area contributed by atoms with E-state index in [1.165, 1.54) is 0 Å². The van der Waals surface area contributed by atoms with Crippen molar-refractivity contribution < 1.29 is 4.42 Å². The molecule has 3 rings (SSSR count). The van der Waals surface area contributed by atoms with Gasteiger partial charge >= 0.3 is 5.63 Å². The zero-order valence-electron chi connectivity index (χ0n) is 11.2. The Balaban J connectivity index is 2.45. The van der Waals surface area contributed by atoms with Crippen LogP contribution in [0.5, 0.6) is 0 Å². The largest absolute Gasteiger partial charge is 0.423 e. The first-order chi connectivity index (χ1) is 9.56. The molecule has 0 saturated carbocycles. The van der Waals surface area contributed by atoms with Crippen molar-refractivity contribution >= 4 is 26.9 Å². The van der Waals surface area contributed by atoms with Crippen molar-refractivity contribution in [2.45, 2.75) is 13.8 Å². The van der Waals surface area contributed by atoms with Crippen LogP contribution in [-0.4, -0.2) is 0 Å². The molecule has 0 unspecified atom stereocenters. The van der Waals surface area contributed by atoms with Crippen LogP contribution in [0.1, 0.15) is 11.1 Å². The van der Waals surface area contributed by atoms with Gasteiger partial charge < -0.3 is 4.42 Å². The summed E-state index contributed by atoms with van der Waals surface area (Å²) in [5.41, 5.74) is 4.62. The molecular formula is C17H13BrO2. The number of rotatable bonds is 1. The molecular weight excluding hydrogens is 316 g/mol. The molecule has 1 heterocycles. The predicted molar refractivity (Wildman–Crippen MR) is 85.1 cm³/mol. The van der Waals surface area contributed by atoms with Gasteiger partial charge in [-0.3, -0.25) is 0 Å². The van der Waals surface area contributed by atoms with Crippen LogP contribution < -0.4 is 5.63 Å². The highest BCUT2D eigenvalue weighted by atomic mass is 79.9. The number of halogens is 1. The predicted octanol–water partition coefficient (Wildman–Crippen LogP) is 4.84. The molecule has 100 valence electrons. The molecule has 0 radical (unpaired) electrons. The lowest BCUT2D eigenvalue weighted by molar-refractivity contribution is 0.561. The van der Waals surface area contributed by atoms with E-state index in [-0.39, 0.29) is 5.63 Å². The van der Waals surface area contributed by atoms with Crippen molar-refractivity contribution in [1.29, 1.82) is 0 Å². The lowest BCUT2D eigenvalue weighted by Crippen LogP contribution is -2.00. The minimum atomic E-state index is -0.326. The maximum atomic E-state index is 11.8. The van der Waals surface area contributed by atoms with E-state index in [0.717, 1.165) is 32.1 Å². The summed E-state index contributed by atoms with van der Waals surface area (Å²) in [6.07, 6.45) is 0. The Bertz CT molecular complexity index is 842. The number of hydrogen-bond acceptors (Lipinski definition) is 2. The third-order valence-electron chi connectivity index (χ3n) is 3.46. The Morgan fingerprint density at radius 1 is 1.00 bits per heavy atom. The Hall–Kier alpha value is -1.87. The van der Waals surface area contributed by atoms with E-state index in [9.17, 15) is 4.79 Å². The van der Waals surface area contributed by atoms with E-state index in [1.807, 2.05) is 24.3 Å². The molecule has 0 fully saturated rings. The Morgan fingerprint density at radius 2 is 1.70 bits per heavy atom. The molecule has 0 bridgehead atoms. The zero-order chi connectivity index (χ0) is 14.3. The first-order valence-electron chi connectivity index (χ1n) is 6.36. The molecule has 0 aliphatic heterocycles. The van der Waals surface area contributed by atoms with E-state index in [0.29, 0.717) is 5.58 Å². The summed E-state index contributed by atoms with van der Waals surface area (Å²) in [7, 11) is 0. The van der Waals surface area contributed by atoms with Gasteiger partial charge in [0.25, 0.3) is 0 Å². The van der Waals surface area contributed by atoms with Crippen molar-refractivity contribution in [3.05, 3.63) is 68.5 Å². The van der Waals surface area contributed by atoms with Gasteiger partial charge in [-0.05, 0) is 48.7 Å². The molecule has 0 spiro atoms. The van der Waals surface area contributed by atoms with Gasteiger partial charge in [0.15, 0.2) is 0 Å². The van der Waals surface area contributed by atoms with E-state index in [1.54, 1.807) is 6.07 Å². The van der Waals surface area contributed by atoms with Crippen LogP contribution >= 0.6 is 15.9 Å². The maximum Gasteiger partial charge on any atom is 0.336 e. The van der Waals surface area contributed by atoms with Crippen molar-refractivity contribution in [3.63, 3.8) is 0 Å². The standard InChI is InChI=1S/C17H13BrO2/c1-10-4-3-5-11(2)17(10)14-9-16(19)20-15-8-12(18)6-7-13(14)15/h3-9H,1-2H3. The second-order valence-corrected chi connectivity index (χ2v) is 5.80. The van der Waals surface area contributed by atoms with E-state index in [2.05, 4.69) is 41.9 Å². The lowest BCUT2D eigenvalue weighted by Gasteiger charge is -2.12. The second-order valence-electron chi connectivity index (χ2n) is 4.89. The average Bonchev–Trinajstić information content (AvgIpc) is 2.37. The molecule has 3 heteroatoms. The third-order valence-corrected chi connectivity index (χ3v) is 3.95. The molecule has 0 atom stereocenters. The summed E-state index contributed by atoms with van der Waals surface area (Å²) in [5.74, 6) is 0. The molecule has 3 aromatic rings. The molecule has 0 saturated heterocycles. The minimum absolute atomic E-state index is 0.326. The van der Waals surface area contributed by atoms with Gasteiger partial charge in [0, 0.05) is 21.5 Å². The van der Waals surface area contributed by atoms with Gasteiger partial charge in [-0.2, -0.15) is 0 Å². The highest BCUT2D eigenvalue weighted by Crippen LogP contribution is 2.33. The minimum Gasteiger partial charge on any atom is -0.423 e. The SMILES string of the molecule is Cc1cccc(C)c1-c1cc(=O)oc2cc(Br)ccc12. The van der Waals surface area contributed by atoms with Gasteiger partial charge in [0.1, 0.15) is 5.58 Å². The summed E-state index contributed by atoms with van der Waals surface area (Å²) < 4.78 is 6.19. The van der Waals surface area contributed by atoms with Gasteiger partial charge in [0.2, 0.25) is 0 Å². The van der Waals surface area contributed by atoms with Crippen LogP contribution in [0.15, 0.2) is 56.1 Å². The third kappa shape index (κ3) is 2.18. The Morgan fingerprint density at radius 3 is 2.40 bits per heavy atom. The molecule has 0 aliphatic rings. The fraction of sp³-hybridized carbons (Fsp3) is 0.118. The second kappa shape index (κ2) is 4.91. The molecule has 0 amide bonds. The lowest BCUT2D eigenvalue weighted by atomic mass is 9.94. The van der Waals surface area contributed by atoms with Crippen LogP contribution in [-0.2, 0) is 0 Å². The smallest absolute Gasteiger partial charge is 0.336 e. The Labute approximate surface area is 125 Å². The summed E-state index contributed by atoms with van der Waals surface area (Å²) in [6, 6.07) is 13.5. The summed E-state index contributed by atoms with van der Waals surface area (Å²) in [4.78, 5) is 11.8. The van der Waals surface area contributed by atoms with Gasteiger partial charge in [0.05, 0.1) is 0 Å². The molecule has 2 aromatic carbocycles. The monoisotopic (exact) mass is 328 g/mol. The number of fused-ring (bicyclic) bond motifs is 1. The topological polar surface area (TPSA) is 30.2 Å². The van der Waals surface area contributed by atoms with Gasteiger partial charge in [-0.15, -0.1) is 0 Å². The van der Waals surface area contributed by atoms with E-state index < -0.39 is 0 Å². The van der Waals surface area contributed by atoms with E-state index >= 15 is 0 Å². The van der Waals surface area contributed by atoms with Crippen molar-refractivity contribution in [1.82, 2.24) is 0 Å². The summed E-state index contributed by atoms with van der Waals surface area (Å²) in [6.45, 7) is 4.11. The maximum absolute atomic E-state index is 11.8. The fourth-order valence-corrected chi connectivity index (χ4v) is 2.92. The number of aryl methyl sites for hydroxylation is 2. The van der Waals surface area contributed by atoms with Crippen LogP contribution in [0.2, 0.25) is 0 Å². The highest BCUT2D eigenvalue weighted by molar-refractivity contribution is 9.10. The molecule has 0 aliphatic carbocycles. The first kappa shape index (κ1) is 13.1. The normalized spacial score (nSPS) is 10.9. The van der Waals surface area contributed by atoms with Crippen LogP contribution in [0.3, 0.4) is 0 Å². The van der Waals surface area contributed by atoms with Crippen LogP contribution in [0.25, 0.3) is 22.1 Å². The number of benzene rings is 2. The zero-order valence-corrected chi connectivity index (χ0v) is 12.8. The average molecular weight is 329 g/mol. The quantitative estimate of drug-likeness (QED) is 0.598. The van der Waals surface area contributed by atoms with Gasteiger partial charge in [-0.1, -0.05) is 34.1 Å². The van der Waals surface area contributed by atoms with Gasteiger partial charge in [-0.25, -0.2) is 4.79 Å². The molecule has 2 nitrogen and oxygen atoms in total. The fourth-order valence-electron chi connectivity index (χ4n) is 2.58. The molecule has 0 N–H and O–H groups in total. The summed E-state index contributed by atoms with van der Waals surface area (Å²) in [5, 5.41) is 0.949. The Kier molecular flexibility index (Phi) is 3.22. The molecule has 1 aromatic heterocycles. The first-order valence-corrected chi connectivity index (χ1v) is 7.15. The van der Waals surface area contributed by atoms with Crippen molar-refractivity contribution in [2.24, 2.45) is 0 Å². The summed E-state index contributed by atoms with van der Waals surface area (Å²) >= 11 is 3.40. The number of hydrogen-bond donors (Lipinski definition) is 0.